The van der Waals surface area contributed by atoms with E-state index in [-0.39, 0.29) is 46.6 Å². The summed E-state index contributed by atoms with van der Waals surface area (Å²) >= 11 is 0. The van der Waals surface area contributed by atoms with E-state index in [0.29, 0.717) is 22.6 Å². The first-order valence-corrected chi connectivity index (χ1v) is 16.1. The number of aromatic amines is 1. The molecule has 0 bridgehead atoms. The van der Waals surface area contributed by atoms with Crippen molar-refractivity contribution in [3.8, 4) is 11.1 Å². The Morgan fingerprint density at radius 2 is 1.64 bits per heavy atom. The molecule has 2 aliphatic rings. The number of alkyl halides is 2. The van der Waals surface area contributed by atoms with Crippen molar-refractivity contribution in [2.24, 2.45) is 17.8 Å². The molecule has 0 aromatic carbocycles. The Hall–Kier alpha value is -3.63. The topological polar surface area (TPSA) is 118 Å². The van der Waals surface area contributed by atoms with Gasteiger partial charge in [-0.1, -0.05) is 64.2 Å². The molecule has 3 N–H and O–H groups in total. The number of aromatic nitrogens is 5. The summed E-state index contributed by atoms with van der Waals surface area (Å²) in [4.78, 5) is 32.5. The molecule has 2 fully saturated rings. The maximum Gasteiger partial charge on any atom is 0.270 e. The summed E-state index contributed by atoms with van der Waals surface area (Å²) in [6.45, 7) is 7.42. The summed E-state index contributed by atoms with van der Waals surface area (Å²) in [5.74, 6) is -0.249. The molecular weight excluding hydrogens is 564 g/mol. The fourth-order valence-electron chi connectivity index (χ4n) is 7.51. The van der Waals surface area contributed by atoms with Gasteiger partial charge in [0.15, 0.2) is 0 Å². The summed E-state index contributed by atoms with van der Waals surface area (Å²) in [6.07, 6.45) is 11.0. The highest BCUT2D eigenvalue weighted by Crippen LogP contribution is 2.42. The molecule has 11 heteroatoms. The zero-order valence-electron chi connectivity index (χ0n) is 26.2. The van der Waals surface area contributed by atoms with Crippen molar-refractivity contribution < 1.29 is 18.4 Å². The maximum absolute atomic E-state index is 14.4. The number of rotatable bonds is 10. The Kier molecular flexibility index (Phi) is 10.1. The van der Waals surface area contributed by atoms with Crippen molar-refractivity contribution >= 4 is 17.6 Å². The fourth-order valence-corrected chi connectivity index (χ4v) is 7.51. The Balaban J connectivity index is 1.50. The minimum absolute atomic E-state index is 0.0327. The van der Waals surface area contributed by atoms with Gasteiger partial charge in [-0.05, 0) is 57.6 Å². The van der Waals surface area contributed by atoms with Crippen LogP contribution in [0.3, 0.4) is 0 Å². The Labute approximate surface area is 258 Å². The second-order valence-electron chi connectivity index (χ2n) is 12.8. The number of hydrogen-bond donors (Lipinski definition) is 3. The van der Waals surface area contributed by atoms with Gasteiger partial charge in [0.2, 0.25) is 5.91 Å². The number of aryl methyl sites for hydroxylation is 2. The lowest BCUT2D eigenvalue weighted by Gasteiger charge is -2.42. The van der Waals surface area contributed by atoms with Crippen molar-refractivity contribution in [3.63, 3.8) is 0 Å². The number of H-pyrrole nitrogens is 1. The van der Waals surface area contributed by atoms with Crippen molar-refractivity contribution in [1.29, 1.82) is 0 Å². The van der Waals surface area contributed by atoms with E-state index in [9.17, 15) is 18.4 Å². The van der Waals surface area contributed by atoms with Crippen LogP contribution >= 0.6 is 0 Å². The minimum atomic E-state index is -2.79. The predicted octanol–water partition coefficient (Wildman–Crippen LogP) is 7.32. The molecule has 2 amide bonds. The van der Waals surface area contributed by atoms with Crippen LogP contribution in [0, 0.1) is 31.6 Å². The second kappa shape index (κ2) is 14.0. The van der Waals surface area contributed by atoms with E-state index in [2.05, 4.69) is 30.9 Å². The summed E-state index contributed by atoms with van der Waals surface area (Å²) in [7, 11) is 0. The molecule has 2 saturated carbocycles. The molecule has 44 heavy (non-hydrogen) atoms. The van der Waals surface area contributed by atoms with E-state index >= 15 is 0 Å². The largest absolute Gasteiger partial charge is 0.339 e. The van der Waals surface area contributed by atoms with Gasteiger partial charge in [-0.15, -0.1) is 0 Å². The quantitative estimate of drug-likeness (QED) is 0.223. The van der Waals surface area contributed by atoms with Gasteiger partial charge >= 0.3 is 0 Å². The summed E-state index contributed by atoms with van der Waals surface area (Å²) in [5, 5.41) is 17.3. The van der Waals surface area contributed by atoms with Crippen LogP contribution in [0.2, 0.25) is 0 Å². The van der Waals surface area contributed by atoms with Crippen molar-refractivity contribution in [2.75, 3.05) is 5.32 Å². The fraction of sp³-hybridized carbons (Fsp3) is 0.606. The number of nitrogens with zero attached hydrogens (tertiary/aromatic N) is 4. The lowest BCUT2D eigenvalue weighted by molar-refractivity contribution is -0.121. The molecule has 3 heterocycles. The summed E-state index contributed by atoms with van der Waals surface area (Å²) in [6, 6.07) is 2.02. The SMILES string of the molecule is Cc1n[nH]c(C)c1-c1cnc(NC(=O)[C@@H](NC(=O)c2ccnn2C(C)C)C(C2CCCCC2)C2CCCCC2)cc1C(F)F. The molecule has 9 nitrogen and oxygen atoms in total. The molecule has 0 saturated heterocycles. The third-order valence-electron chi connectivity index (χ3n) is 9.55. The van der Waals surface area contributed by atoms with Crippen molar-refractivity contribution in [3.05, 3.63) is 47.2 Å². The lowest BCUT2D eigenvalue weighted by atomic mass is 9.66. The van der Waals surface area contributed by atoms with Gasteiger partial charge in [0.25, 0.3) is 12.3 Å². The Morgan fingerprint density at radius 3 is 2.18 bits per heavy atom. The van der Waals surface area contributed by atoms with E-state index in [1.807, 2.05) is 13.8 Å². The molecule has 3 aromatic heterocycles. The zero-order valence-corrected chi connectivity index (χ0v) is 26.2. The minimum Gasteiger partial charge on any atom is -0.339 e. The van der Waals surface area contributed by atoms with E-state index in [1.54, 1.807) is 30.8 Å². The third-order valence-corrected chi connectivity index (χ3v) is 9.55. The van der Waals surface area contributed by atoms with Crippen LogP contribution in [0.4, 0.5) is 14.6 Å². The average Bonchev–Trinajstić information content (AvgIpc) is 3.64. The number of carbonyl (C=O) groups is 2. The zero-order chi connectivity index (χ0) is 31.4. The van der Waals surface area contributed by atoms with Crippen LogP contribution < -0.4 is 10.6 Å². The molecule has 2 aliphatic carbocycles. The first-order chi connectivity index (χ1) is 21.2. The van der Waals surface area contributed by atoms with Gasteiger partial charge in [0.1, 0.15) is 17.6 Å². The molecule has 5 rings (SSSR count). The van der Waals surface area contributed by atoms with Gasteiger partial charge in [-0.25, -0.2) is 13.8 Å². The van der Waals surface area contributed by atoms with Crippen molar-refractivity contribution in [2.45, 2.75) is 110 Å². The monoisotopic (exact) mass is 609 g/mol. The Morgan fingerprint density at radius 1 is 1.00 bits per heavy atom. The van der Waals surface area contributed by atoms with Crippen molar-refractivity contribution in [1.82, 2.24) is 30.3 Å². The predicted molar refractivity (Wildman–Crippen MR) is 165 cm³/mol. The van der Waals surface area contributed by atoms with Crippen LogP contribution in [0.25, 0.3) is 11.1 Å². The highest BCUT2D eigenvalue weighted by atomic mass is 19.3. The van der Waals surface area contributed by atoms with Gasteiger partial charge in [0, 0.05) is 40.8 Å². The number of amides is 2. The van der Waals surface area contributed by atoms with Crippen LogP contribution in [0.15, 0.2) is 24.5 Å². The number of halogens is 2. The van der Waals surface area contributed by atoms with Gasteiger partial charge in [-0.2, -0.15) is 10.2 Å². The highest BCUT2D eigenvalue weighted by Gasteiger charge is 2.41. The number of carbonyl (C=O) groups excluding carboxylic acids is 2. The van der Waals surface area contributed by atoms with Gasteiger partial charge in [0.05, 0.1) is 5.69 Å². The Bertz CT molecular complexity index is 1400. The molecule has 3 aromatic rings. The van der Waals surface area contributed by atoms with E-state index in [0.717, 1.165) is 51.4 Å². The number of anilines is 1. The average molecular weight is 610 g/mol. The molecule has 0 aliphatic heterocycles. The maximum atomic E-state index is 14.4. The molecule has 1 atom stereocenters. The van der Waals surface area contributed by atoms with E-state index in [4.69, 9.17) is 0 Å². The standard InChI is InChI=1S/C33H45F2N7O2/c1-19(2)42-26(15-16-37-42)32(43)39-30(29(22-11-7-5-8-12-22)23-13-9-6-10-14-23)33(44)38-27-17-24(31(34)35)25(18-36-27)28-20(3)40-41-21(28)4/h15-19,22-23,29-31H,5-14H2,1-4H3,(H,39,43)(H,40,41)(H,36,38,44)/t30-/m0/s1. The van der Waals surface area contributed by atoms with E-state index in [1.165, 1.54) is 25.1 Å². The molecule has 0 spiro atoms. The second-order valence-corrected chi connectivity index (χ2v) is 12.8. The molecule has 0 radical (unpaired) electrons. The third kappa shape index (κ3) is 6.86. The van der Waals surface area contributed by atoms with E-state index < -0.39 is 18.4 Å². The van der Waals surface area contributed by atoms with Crippen LogP contribution in [0.1, 0.15) is 118 Å². The van der Waals surface area contributed by atoms with Crippen LogP contribution in [-0.2, 0) is 4.79 Å². The van der Waals surface area contributed by atoms with Crippen LogP contribution in [0.5, 0.6) is 0 Å². The summed E-state index contributed by atoms with van der Waals surface area (Å²) < 4.78 is 30.4. The molecule has 238 valence electrons. The van der Waals surface area contributed by atoms with Crippen LogP contribution in [-0.4, -0.2) is 42.8 Å². The number of pyridine rings is 1. The van der Waals surface area contributed by atoms with Gasteiger partial charge in [-0.3, -0.25) is 19.4 Å². The summed E-state index contributed by atoms with van der Waals surface area (Å²) in [5.41, 5.74) is 2.25. The first kappa shape index (κ1) is 31.8. The first-order valence-electron chi connectivity index (χ1n) is 16.1. The highest BCUT2D eigenvalue weighted by molar-refractivity contribution is 6.00. The smallest absolute Gasteiger partial charge is 0.270 e. The number of hydrogen-bond acceptors (Lipinski definition) is 5. The normalized spacial score (nSPS) is 17.4. The molecular formula is C33H45F2N7O2. The lowest BCUT2D eigenvalue weighted by Crippen LogP contribution is -2.53. The molecule has 0 unspecified atom stereocenters. The van der Waals surface area contributed by atoms with Gasteiger partial charge < -0.3 is 10.6 Å². The number of nitrogens with one attached hydrogen (secondary N) is 3.